The van der Waals surface area contributed by atoms with Crippen molar-refractivity contribution in [2.45, 2.75) is 25.2 Å². The molecule has 0 aliphatic carbocycles. The maximum absolute atomic E-state index is 14.5. The summed E-state index contributed by atoms with van der Waals surface area (Å²) in [7, 11) is 0. The number of nitrogens with zero attached hydrogens (tertiary/aromatic N) is 2. The fourth-order valence-corrected chi connectivity index (χ4v) is 3.98. The Morgan fingerprint density at radius 3 is 2.27 bits per heavy atom. The highest BCUT2D eigenvalue weighted by atomic mass is 19.2. The van der Waals surface area contributed by atoms with Gasteiger partial charge in [-0.15, -0.1) is 4.91 Å². The SMILES string of the molecule is O=NN(CCc1ccc(Oc2ccc(F)c(F)c2)cc1)c1cc(C2CCNCC2)ccc1F. The molecular weight excluding hydrogens is 431 g/mol. The molecule has 1 aliphatic rings. The largest absolute Gasteiger partial charge is 0.457 e. The maximum atomic E-state index is 14.5. The minimum absolute atomic E-state index is 0.180. The van der Waals surface area contributed by atoms with Crippen LogP contribution in [-0.4, -0.2) is 19.6 Å². The zero-order chi connectivity index (χ0) is 23.2. The third-order valence-electron chi connectivity index (χ3n) is 5.82. The number of ether oxygens (including phenoxy) is 1. The van der Waals surface area contributed by atoms with E-state index in [9.17, 15) is 18.1 Å². The first kappa shape index (κ1) is 22.8. The van der Waals surface area contributed by atoms with Crippen molar-refractivity contribution < 1.29 is 17.9 Å². The van der Waals surface area contributed by atoms with E-state index in [0.717, 1.165) is 54.2 Å². The highest BCUT2D eigenvalue weighted by Gasteiger charge is 2.19. The Balaban J connectivity index is 1.40. The lowest BCUT2D eigenvalue weighted by atomic mass is 9.90. The fraction of sp³-hybridized carbons (Fsp3) is 0.280. The lowest BCUT2D eigenvalue weighted by Crippen LogP contribution is -2.27. The van der Waals surface area contributed by atoms with Gasteiger partial charge in [-0.1, -0.05) is 18.2 Å². The number of hydrogen-bond donors (Lipinski definition) is 1. The molecule has 172 valence electrons. The van der Waals surface area contributed by atoms with Gasteiger partial charge in [0.25, 0.3) is 0 Å². The van der Waals surface area contributed by atoms with Gasteiger partial charge in [-0.05, 0) is 85.8 Å². The Hall–Kier alpha value is -3.39. The molecule has 1 saturated heterocycles. The third-order valence-corrected chi connectivity index (χ3v) is 5.82. The predicted molar refractivity (Wildman–Crippen MR) is 121 cm³/mol. The Labute approximate surface area is 190 Å². The molecule has 0 bridgehead atoms. The van der Waals surface area contributed by atoms with Gasteiger partial charge in [-0.2, -0.15) is 0 Å². The number of halogens is 3. The molecule has 8 heteroatoms. The molecule has 1 N–H and O–H groups in total. The molecule has 1 heterocycles. The van der Waals surface area contributed by atoms with Crippen LogP contribution in [0.1, 0.15) is 29.9 Å². The molecule has 1 aliphatic heterocycles. The quantitative estimate of drug-likeness (QED) is 0.330. The van der Waals surface area contributed by atoms with Crippen LogP contribution in [0.3, 0.4) is 0 Å². The molecule has 0 radical (unpaired) electrons. The van der Waals surface area contributed by atoms with Crippen molar-refractivity contribution in [3.8, 4) is 11.5 Å². The average Bonchev–Trinajstić information content (AvgIpc) is 2.84. The first-order valence-corrected chi connectivity index (χ1v) is 10.9. The number of benzene rings is 3. The first-order chi connectivity index (χ1) is 16.0. The normalized spacial score (nSPS) is 14.2. The summed E-state index contributed by atoms with van der Waals surface area (Å²) in [5, 5.41) is 7.51. The molecule has 0 unspecified atom stereocenters. The first-order valence-electron chi connectivity index (χ1n) is 10.9. The van der Waals surface area contributed by atoms with E-state index in [4.69, 9.17) is 4.74 Å². The monoisotopic (exact) mass is 455 g/mol. The van der Waals surface area contributed by atoms with Crippen LogP contribution in [-0.2, 0) is 6.42 Å². The highest BCUT2D eigenvalue weighted by Crippen LogP contribution is 2.30. The molecular formula is C25H24F3N3O2. The van der Waals surface area contributed by atoms with E-state index >= 15 is 0 Å². The van der Waals surface area contributed by atoms with Crippen LogP contribution in [0.5, 0.6) is 11.5 Å². The molecule has 5 nitrogen and oxygen atoms in total. The molecule has 0 atom stereocenters. The Bertz CT molecular complexity index is 1100. The van der Waals surface area contributed by atoms with Crippen molar-refractivity contribution in [1.29, 1.82) is 0 Å². The van der Waals surface area contributed by atoms with E-state index < -0.39 is 17.5 Å². The molecule has 1 fully saturated rings. The van der Waals surface area contributed by atoms with E-state index in [1.807, 2.05) is 0 Å². The number of nitroso groups, excluding NO2 is 1. The number of anilines is 1. The molecule has 33 heavy (non-hydrogen) atoms. The van der Waals surface area contributed by atoms with Gasteiger partial charge in [0.1, 0.15) is 17.3 Å². The summed E-state index contributed by atoms with van der Waals surface area (Å²) in [6, 6.07) is 15.2. The fourth-order valence-electron chi connectivity index (χ4n) is 3.98. The Morgan fingerprint density at radius 1 is 0.879 bits per heavy atom. The summed E-state index contributed by atoms with van der Waals surface area (Å²) in [6.45, 7) is 2.05. The van der Waals surface area contributed by atoms with Crippen molar-refractivity contribution in [3.05, 3.63) is 94.1 Å². The van der Waals surface area contributed by atoms with Gasteiger partial charge < -0.3 is 10.1 Å². The second-order valence-electron chi connectivity index (χ2n) is 8.01. The van der Waals surface area contributed by atoms with Gasteiger partial charge in [-0.3, -0.25) is 0 Å². The van der Waals surface area contributed by atoms with Crippen LogP contribution in [0, 0.1) is 22.4 Å². The van der Waals surface area contributed by atoms with Crippen LogP contribution >= 0.6 is 0 Å². The van der Waals surface area contributed by atoms with Crippen LogP contribution < -0.4 is 15.1 Å². The molecule has 3 aromatic rings. The molecule has 4 rings (SSSR count). The van der Waals surface area contributed by atoms with Gasteiger partial charge in [0.2, 0.25) is 0 Å². The molecule has 0 saturated carbocycles. The lowest BCUT2D eigenvalue weighted by Gasteiger charge is -2.24. The summed E-state index contributed by atoms with van der Waals surface area (Å²) in [6.07, 6.45) is 2.39. The summed E-state index contributed by atoms with van der Waals surface area (Å²) in [5.41, 5.74) is 2.08. The summed E-state index contributed by atoms with van der Waals surface area (Å²) in [5.74, 6) is -1.44. The van der Waals surface area contributed by atoms with E-state index in [-0.39, 0.29) is 18.0 Å². The van der Waals surface area contributed by atoms with Gasteiger partial charge in [-0.25, -0.2) is 18.2 Å². The van der Waals surface area contributed by atoms with Gasteiger partial charge in [0.15, 0.2) is 11.6 Å². The molecule has 0 spiro atoms. The molecule has 0 aromatic heterocycles. The van der Waals surface area contributed by atoms with Crippen molar-refractivity contribution in [1.82, 2.24) is 5.32 Å². The number of nitrogens with one attached hydrogen (secondary N) is 1. The second kappa shape index (κ2) is 10.5. The predicted octanol–water partition coefficient (Wildman–Crippen LogP) is 6.09. The number of rotatable bonds is 8. The number of piperidine rings is 1. The van der Waals surface area contributed by atoms with E-state index in [0.29, 0.717) is 18.1 Å². The van der Waals surface area contributed by atoms with Crippen LogP contribution in [0.25, 0.3) is 0 Å². The highest BCUT2D eigenvalue weighted by molar-refractivity contribution is 5.50. The zero-order valence-corrected chi connectivity index (χ0v) is 17.9. The standard InChI is InChI=1S/C25H24F3N3O2/c26-22-8-6-21(16-24(22)28)33-20-4-1-17(2-5-20)11-14-31(30-32)25-15-19(3-7-23(25)27)18-9-12-29-13-10-18/h1-8,15-16,18,29H,9-14H2. The van der Waals surface area contributed by atoms with Crippen molar-refractivity contribution in [3.63, 3.8) is 0 Å². The van der Waals surface area contributed by atoms with Crippen molar-refractivity contribution >= 4 is 5.69 Å². The van der Waals surface area contributed by atoms with E-state index in [2.05, 4.69) is 10.6 Å². The summed E-state index contributed by atoms with van der Waals surface area (Å²) in [4.78, 5) is 11.5. The van der Waals surface area contributed by atoms with Crippen molar-refractivity contribution in [2.24, 2.45) is 5.29 Å². The van der Waals surface area contributed by atoms with Crippen molar-refractivity contribution in [2.75, 3.05) is 24.6 Å². The van der Waals surface area contributed by atoms with Crippen LogP contribution in [0.15, 0.2) is 65.9 Å². The van der Waals surface area contributed by atoms with Gasteiger partial charge in [0, 0.05) is 12.6 Å². The summed E-state index contributed by atoms with van der Waals surface area (Å²) >= 11 is 0. The van der Waals surface area contributed by atoms with E-state index in [1.165, 1.54) is 12.1 Å². The number of hydrogen-bond acceptors (Lipinski definition) is 4. The third kappa shape index (κ3) is 5.70. The smallest absolute Gasteiger partial charge is 0.162 e. The minimum atomic E-state index is -0.984. The molecule has 0 amide bonds. The molecule has 3 aromatic carbocycles. The van der Waals surface area contributed by atoms with E-state index in [1.54, 1.807) is 36.4 Å². The van der Waals surface area contributed by atoms with Gasteiger partial charge in [0.05, 0.1) is 11.0 Å². The Kier molecular flexibility index (Phi) is 7.24. The lowest BCUT2D eigenvalue weighted by molar-refractivity contribution is 0.460. The van der Waals surface area contributed by atoms with Crippen LogP contribution in [0.4, 0.5) is 18.9 Å². The topological polar surface area (TPSA) is 53.9 Å². The Morgan fingerprint density at radius 2 is 1.58 bits per heavy atom. The second-order valence-corrected chi connectivity index (χ2v) is 8.01. The maximum Gasteiger partial charge on any atom is 0.162 e. The van der Waals surface area contributed by atoms with Crippen LogP contribution in [0.2, 0.25) is 0 Å². The minimum Gasteiger partial charge on any atom is -0.457 e. The average molecular weight is 455 g/mol. The summed E-state index contributed by atoms with van der Waals surface area (Å²) < 4.78 is 46.4. The zero-order valence-electron chi connectivity index (χ0n) is 17.9. The van der Waals surface area contributed by atoms with Gasteiger partial charge >= 0.3 is 0 Å².